The summed E-state index contributed by atoms with van der Waals surface area (Å²) in [6, 6.07) is 0. The molecule has 0 aromatic carbocycles. The quantitative estimate of drug-likeness (QED) is 0.686. The average Bonchev–Trinajstić information content (AvgIpc) is 2.31. The van der Waals surface area contributed by atoms with Crippen LogP contribution in [-0.4, -0.2) is 24.9 Å². The van der Waals surface area contributed by atoms with E-state index in [9.17, 15) is 0 Å². The highest BCUT2D eigenvalue weighted by Gasteiger charge is 2.30. The minimum Gasteiger partial charge on any atom is -0.396 e. The first-order chi connectivity index (χ1) is 5.53. The second-order valence-electron chi connectivity index (χ2n) is 5.00. The first-order valence-electron chi connectivity index (χ1n) is 4.71. The summed E-state index contributed by atoms with van der Waals surface area (Å²) in [7, 11) is 0. The van der Waals surface area contributed by atoms with Crippen molar-refractivity contribution in [3.05, 3.63) is 0 Å². The van der Waals surface area contributed by atoms with Gasteiger partial charge < -0.3 is 9.84 Å². The van der Waals surface area contributed by atoms with E-state index in [4.69, 9.17) is 9.84 Å². The zero-order valence-electron chi connectivity index (χ0n) is 8.34. The van der Waals surface area contributed by atoms with Crippen LogP contribution in [0.15, 0.2) is 0 Å². The summed E-state index contributed by atoms with van der Waals surface area (Å²) >= 11 is 0. The summed E-state index contributed by atoms with van der Waals surface area (Å²) in [6.45, 7) is 8.57. The van der Waals surface area contributed by atoms with E-state index >= 15 is 0 Å². The lowest BCUT2D eigenvalue weighted by atomic mass is 9.80. The fraction of sp³-hybridized carbons (Fsp3) is 1.00. The normalized spacial score (nSPS) is 31.0. The third kappa shape index (κ3) is 2.76. The van der Waals surface area contributed by atoms with Crippen molar-refractivity contribution in [2.45, 2.75) is 27.2 Å². The lowest BCUT2D eigenvalue weighted by Gasteiger charge is -2.24. The molecule has 1 aliphatic rings. The molecule has 0 unspecified atom stereocenters. The van der Waals surface area contributed by atoms with Gasteiger partial charge in [-0.3, -0.25) is 0 Å². The molecule has 1 N–H and O–H groups in total. The maximum absolute atomic E-state index is 9.05. The lowest BCUT2D eigenvalue weighted by Crippen LogP contribution is -2.22. The average molecular weight is 172 g/mol. The summed E-state index contributed by atoms with van der Waals surface area (Å²) in [5.74, 6) is 0.944. The Bertz CT molecular complexity index is 137. The number of hydrogen-bond acceptors (Lipinski definition) is 2. The molecule has 1 aliphatic heterocycles. The summed E-state index contributed by atoms with van der Waals surface area (Å²) in [4.78, 5) is 0. The smallest absolute Gasteiger partial charge is 0.0519 e. The molecule has 2 nitrogen and oxygen atoms in total. The molecule has 72 valence electrons. The van der Waals surface area contributed by atoms with Crippen molar-refractivity contribution in [1.82, 2.24) is 0 Å². The van der Waals surface area contributed by atoms with Crippen LogP contribution in [0.25, 0.3) is 0 Å². The molecule has 0 aliphatic carbocycles. The van der Waals surface area contributed by atoms with Gasteiger partial charge in [-0.05, 0) is 17.8 Å². The van der Waals surface area contributed by atoms with Crippen LogP contribution in [0.3, 0.4) is 0 Å². The van der Waals surface area contributed by atoms with Crippen LogP contribution in [0.1, 0.15) is 27.2 Å². The highest BCUT2D eigenvalue weighted by molar-refractivity contribution is 4.78. The van der Waals surface area contributed by atoms with Gasteiger partial charge in [0.05, 0.1) is 6.61 Å². The van der Waals surface area contributed by atoms with Gasteiger partial charge in [-0.1, -0.05) is 20.8 Å². The van der Waals surface area contributed by atoms with Crippen molar-refractivity contribution in [3.63, 3.8) is 0 Å². The van der Waals surface area contributed by atoms with E-state index in [0.717, 1.165) is 19.6 Å². The molecule has 2 atom stereocenters. The van der Waals surface area contributed by atoms with Gasteiger partial charge in [-0.2, -0.15) is 0 Å². The molecule has 0 aromatic rings. The molecule has 1 rings (SSSR count). The fourth-order valence-corrected chi connectivity index (χ4v) is 1.86. The number of aliphatic hydroxyl groups excluding tert-OH is 1. The molecule has 1 fully saturated rings. The maximum Gasteiger partial charge on any atom is 0.0519 e. The molecule has 0 radical (unpaired) electrons. The van der Waals surface area contributed by atoms with Crippen LogP contribution < -0.4 is 0 Å². The molecule has 0 amide bonds. The van der Waals surface area contributed by atoms with Crippen molar-refractivity contribution in [2.24, 2.45) is 17.3 Å². The third-order valence-electron chi connectivity index (χ3n) is 2.44. The molecule has 0 spiro atoms. The highest BCUT2D eigenvalue weighted by atomic mass is 16.5. The van der Waals surface area contributed by atoms with E-state index in [1.165, 1.54) is 0 Å². The van der Waals surface area contributed by atoms with Gasteiger partial charge in [0.2, 0.25) is 0 Å². The summed E-state index contributed by atoms with van der Waals surface area (Å²) in [5, 5.41) is 9.05. The highest BCUT2D eigenvalue weighted by Crippen LogP contribution is 2.32. The Morgan fingerprint density at radius 3 is 2.33 bits per heavy atom. The van der Waals surface area contributed by atoms with Gasteiger partial charge in [0, 0.05) is 19.1 Å². The van der Waals surface area contributed by atoms with Gasteiger partial charge in [0.25, 0.3) is 0 Å². The van der Waals surface area contributed by atoms with Crippen LogP contribution in [-0.2, 0) is 4.74 Å². The van der Waals surface area contributed by atoms with E-state index < -0.39 is 0 Å². The predicted octanol–water partition coefficient (Wildman–Crippen LogP) is 1.68. The van der Waals surface area contributed by atoms with E-state index in [1.807, 2.05) is 0 Å². The molecule has 0 bridgehead atoms. The van der Waals surface area contributed by atoms with Crippen molar-refractivity contribution in [2.75, 3.05) is 19.8 Å². The predicted molar refractivity (Wildman–Crippen MR) is 49.0 cm³/mol. The summed E-state index contributed by atoms with van der Waals surface area (Å²) < 4.78 is 5.35. The van der Waals surface area contributed by atoms with E-state index in [-0.39, 0.29) is 6.61 Å². The van der Waals surface area contributed by atoms with Gasteiger partial charge in [-0.15, -0.1) is 0 Å². The third-order valence-corrected chi connectivity index (χ3v) is 2.44. The van der Waals surface area contributed by atoms with E-state index in [1.54, 1.807) is 0 Å². The summed E-state index contributed by atoms with van der Waals surface area (Å²) in [5.41, 5.74) is 0.353. The van der Waals surface area contributed by atoms with Crippen molar-refractivity contribution >= 4 is 0 Å². The Balaban J connectivity index is 2.41. The number of ether oxygens (including phenoxy) is 1. The van der Waals surface area contributed by atoms with Gasteiger partial charge in [0.15, 0.2) is 0 Å². The Morgan fingerprint density at radius 2 is 1.83 bits per heavy atom. The molecular formula is C10H20O2. The van der Waals surface area contributed by atoms with Crippen molar-refractivity contribution in [3.8, 4) is 0 Å². The van der Waals surface area contributed by atoms with Crippen LogP contribution in [0.5, 0.6) is 0 Å². The van der Waals surface area contributed by atoms with Gasteiger partial charge >= 0.3 is 0 Å². The lowest BCUT2D eigenvalue weighted by molar-refractivity contribution is 0.160. The SMILES string of the molecule is CC(C)(C)C[C@@H]1COC[C@H]1CO. The van der Waals surface area contributed by atoms with Crippen molar-refractivity contribution < 1.29 is 9.84 Å². The molecule has 1 heterocycles. The van der Waals surface area contributed by atoms with Crippen LogP contribution in [0.2, 0.25) is 0 Å². The second kappa shape index (κ2) is 3.75. The first kappa shape index (κ1) is 10.0. The summed E-state index contributed by atoms with van der Waals surface area (Å²) in [6.07, 6.45) is 1.15. The molecule has 1 saturated heterocycles. The molecular weight excluding hydrogens is 152 g/mol. The maximum atomic E-state index is 9.05. The zero-order valence-corrected chi connectivity index (χ0v) is 8.34. The Hall–Kier alpha value is -0.0800. The zero-order chi connectivity index (χ0) is 9.19. The number of aliphatic hydroxyl groups is 1. The Labute approximate surface area is 74.9 Å². The van der Waals surface area contributed by atoms with E-state index in [0.29, 0.717) is 17.3 Å². The molecule has 12 heavy (non-hydrogen) atoms. The number of rotatable bonds is 2. The van der Waals surface area contributed by atoms with Crippen LogP contribution in [0, 0.1) is 17.3 Å². The minimum absolute atomic E-state index is 0.279. The van der Waals surface area contributed by atoms with Crippen LogP contribution >= 0.6 is 0 Å². The molecule has 0 saturated carbocycles. The van der Waals surface area contributed by atoms with Gasteiger partial charge in [-0.25, -0.2) is 0 Å². The number of hydrogen-bond donors (Lipinski definition) is 1. The monoisotopic (exact) mass is 172 g/mol. The first-order valence-corrected chi connectivity index (χ1v) is 4.71. The Morgan fingerprint density at radius 1 is 1.25 bits per heavy atom. The van der Waals surface area contributed by atoms with Crippen molar-refractivity contribution in [1.29, 1.82) is 0 Å². The van der Waals surface area contributed by atoms with Gasteiger partial charge in [0.1, 0.15) is 0 Å². The molecule has 0 aromatic heterocycles. The topological polar surface area (TPSA) is 29.5 Å². The fourth-order valence-electron chi connectivity index (χ4n) is 1.86. The largest absolute Gasteiger partial charge is 0.396 e. The molecule has 2 heteroatoms. The second-order valence-corrected chi connectivity index (χ2v) is 5.00. The standard InChI is InChI=1S/C10H20O2/c1-10(2,3)4-8-6-12-7-9(8)5-11/h8-9,11H,4-7H2,1-3H3/t8-,9-/m1/s1. The minimum atomic E-state index is 0.279. The Kier molecular flexibility index (Phi) is 3.13. The van der Waals surface area contributed by atoms with Crippen LogP contribution in [0.4, 0.5) is 0 Å². The van der Waals surface area contributed by atoms with E-state index in [2.05, 4.69) is 20.8 Å².